The van der Waals surface area contributed by atoms with Crippen LogP contribution in [-0.4, -0.2) is 34.6 Å². The minimum absolute atomic E-state index is 0.0227. The van der Waals surface area contributed by atoms with E-state index in [1.54, 1.807) is 12.5 Å². The number of nitrogens with zero attached hydrogens (tertiary/aromatic N) is 2. The average Bonchev–Trinajstić information content (AvgIpc) is 3.07. The Morgan fingerprint density at radius 1 is 1.52 bits per heavy atom. The van der Waals surface area contributed by atoms with Gasteiger partial charge < -0.3 is 15.2 Å². The largest absolute Gasteiger partial charge is 0.351 e. The second-order valence-corrected chi connectivity index (χ2v) is 7.14. The third-order valence-corrected chi connectivity index (χ3v) is 4.28. The molecule has 2 N–H and O–H groups in total. The van der Waals surface area contributed by atoms with Crippen molar-refractivity contribution in [1.29, 1.82) is 0 Å². The molecule has 1 aromatic rings. The lowest BCUT2D eigenvalue weighted by Crippen LogP contribution is -2.46. The highest BCUT2D eigenvalue weighted by Crippen LogP contribution is 2.21. The van der Waals surface area contributed by atoms with Crippen molar-refractivity contribution < 1.29 is 4.79 Å². The van der Waals surface area contributed by atoms with Crippen molar-refractivity contribution in [3.05, 3.63) is 18.7 Å². The first-order valence-electron chi connectivity index (χ1n) is 7.91. The fraction of sp³-hybridized carbons (Fsp3) is 0.750. The zero-order chi connectivity index (χ0) is 15.3. The third kappa shape index (κ3) is 5.16. The number of imidazole rings is 1. The van der Waals surface area contributed by atoms with Crippen LogP contribution in [0.15, 0.2) is 18.7 Å². The number of aromatic nitrogens is 2. The van der Waals surface area contributed by atoms with Crippen LogP contribution in [0.2, 0.25) is 0 Å². The molecule has 1 fully saturated rings. The number of carbonyl (C=O) groups is 1. The molecule has 2 rings (SSSR count). The van der Waals surface area contributed by atoms with Gasteiger partial charge in [-0.3, -0.25) is 4.79 Å². The summed E-state index contributed by atoms with van der Waals surface area (Å²) in [4.78, 5) is 16.3. The molecule has 1 amide bonds. The van der Waals surface area contributed by atoms with E-state index in [2.05, 4.69) is 36.4 Å². The summed E-state index contributed by atoms with van der Waals surface area (Å²) < 4.78 is 2.02. The highest BCUT2D eigenvalue weighted by atomic mass is 16.1. The van der Waals surface area contributed by atoms with Gasteiger partial charge in [0.2, 0.25) is 5.91 Å². The normalized spacial score (nSPS) is 20.4. The van der Waals surface area contributed by atoms with Crippen molar-refractivity contribution in [3.63, 3.8) is 0 Å². The molecule has 21 heavy (non-hydrogen) atoms. The van der Waals surface area contributed by atoms with Crippen LogP contribution in [0.3, 0.4) is 0 Å². The molecule has 118 valence electrons. The number of carbonyl (C=O) groups excluding carboxylic acids is 1. The average molecular weight is 292 g/mol. The summed E-state index contributed by atoms with van der Waals surface area (Å²) in [7, 11) is 0. The van der Waals surface area contributed by atoms with Gasteiger partial charge in [0.15, 0.2) is 0 Å². The van der Waals surface area contributed by atoms with Gasteiger partial charge in [-0.1, -0.05) is 20.8 Å². The Morgan fingerprint density at radius 2 is 2.33 bits per heavy atom. The summed E-state index contributed by atoms with van der Waals surface area (Å²) in [6, 6.07) is 0.112. The van der Waals surface area contributed by atoms with Crippen molar-refractivity contribution in [2.75, 3.05) is 13.1 Å². The quantitative estimate of drug-likeness (QED) is 0.840. The zero-order valence-corrected chi connectivity index (χ0v) is 13.4. The monoisotopic (exact) mass is 292 g/mol. The Bertz CT molecular complexity index is 430. The smallest absolute Gasteiger partial charge is 0.220 e. The highest BCUT2D eigenvalue weighted by Gasteiger charge is 2.27. The molecule has 2 heterocycles. The first kappa shape index (κ1) is 16.0. The number of amides is 1. The number of nitrogens with one attached hydrogen (secondary N) is 2. The number of hydrogen-bond donors (Lipinski definition) is 2. The predicted octanol–water partition coefficient (Wildman–Crippen LogP) is 1.80. The fourth-order valence-electron chi connectivity index (χ4n) is 2.70. The van der Waals surface area contributed by atoms with Crippen LogP contribution >= 0.6 is 0 Å². The van der Waals surface area contributed by atoms with Gasteiger partial charge >= 0.3 is 0 Å². The molecule has 1 aliphatic rings. The van der Waals surface area contributed by atoms with E-state index < -0.39 is 0 Å². The molecule has 5 nitrogen and oxygen atoms in total. The standard InChI is InChI=1S/C16H28N4O/c1-16(2,3)14(11-20-9-8-18-12-20)19-15(21)5-4-13-6-7-17-10-13/h8-9,12-14,17H,4-7,10-11H2,1-3H3,(H,19,21). The molecule has 2 atom stereocenters. The molecular formula is C16H28N4O. The minimum atomic E-state index is 0.0227. The summed E-state index contributed by atoms with van der Waals surface area (Å²) in [5.74, 6) is 0.833. The van der Waals surface area contributed by atoms with Crippen LogP contribution < -0.4 is 10.6 Å². The van der Waals surface area contributed by atoms with Crippen molar-refractivity contribution in [3.8, 4) is 0 Å². The van der Waals surface area contributed by atoms with E-state index in [4.69, 9.17) is 0 Å². The Balaban J connectivity index is 1.84. The predicted molar refractivity (Wildman–Crippen MR) is 83.8 cm³/mol. The molecule has 1 aliphatic heterocycles. The summed E-state index contributed by atoms with van der Waals surface area (Å²) in [6.07, 6.45) is 8.33. The van der Waals surface area contributed by atoms with Gasteiger partial charge in [-0.2, -0.15) is 0 Å². The van der Waals surface area contributed by atoms with Gasteiger partial charge in [0.05, 0.1) is 12.4 Å². The van der Waals surface area contributed by atoms with Gasteiger partial charge in [0.1, 0.15) is 0 Å². The van der Waals surface area contributed by atoms with Gasteiger partial charge in [-0.25, -0.2) is 4.98 Å². The van der Waals surface area contributed by atoms with Gasteiger partial charge in [0.25, 0.3) is 0 Å². The molecule has 0 aromatic carbocycles. The molecular weight excluding hydrogens is 264 g/mol. The lowest BCUT2D eigenvalue weighted by atomic mass is 9.86. The number of hydrogen-bond acceptors (Lipinski definition) is 3. The molecule has 0 bridgehead atoms. The lowest BCUT2D eigenvalue weighted by molar-refractivity contribution is -0.123. The maximum atomic E-state index is 12.2. The van der Waals surface area contributed by atoms with Crippen molar-refractivity contribution in [1.82, 2.24) is 20.2 Å². The fourth-order valence-corrected chi connectivity index (χ4v) is 2.70. The van der Waals surface area contributed by atoms with E-state index in [0.717, 1.165) is 26.1 Å². The SMILES string of the molecule is CC(C)(C)C(Cn1ccnc1)NC(=O)CCC1CCNC1. The summed E-state index contributed by atoms with van der Waals surface area (Å²) in [5.41, 5.74) is 0.0227. The van der Waals surface area contributed by atoms with Crippen LogP contribution in [0.25, 0.3) is 0 Å². The second-order valence-electron chi connectivity index (χ2n) is 7.14. The molecule has 1 aromatic heterocycles. The molecule has 5 heteroatoms. The van der Waals surface area contributed by atoms with E-state index >= 15 is 0 Å². The Morgan fingerprint density at radius 3 is 2.90 bits per heavy atom. The van der Waals surface area contributed by atoms with Gasteiger partial charge in [-0.05, 0) is 37.3 Å². The van der Waals surface area contributed by atoms with E-state index in [1.165, 1.54) is 6.42 Å². The molecule has 2 unspecified atom stereocenters. The van der Waals surface area contributed by atoms with Gasteiger partial charge in [-0.15, -0.1) is 0 Å². The van der Waals surface area contributed by atoms with E-state index in [0.29, 0.717) is 12.3 Å². The lowest BCUT2D eigenvalue weighted by Gasteiger charge is -2.32. The molecule has 0 aliphatic carbocycles. The van der Waals surface area contributed by atoms with Crippen LogP contribution in [0.5, 0.6) is 0 Å². The topological polar surface area (TPSA) is 59.0 Å². The Kier molecular flexibility index (Phi) is 5.39. The Labute approximate surface area is 127 Å². The minimum Gasteiger partial charge on any atom is -0.351 e. The summed E-state index contributed by atoms with van der Waals surface area (Å²) in [6.45, 7) is 9.41. The first-order chi connectivity index (χ1) is 9.95. The van der Waals surface area contributed by atoms with Crippen molar-refractivity contribution in [2.24, 2.45) is 11.3 Å². The maximum Gasteiger partial charge on any atom is 0.220 e. The van der Waals surface area contributed by atoms with E-state index in [-0.39, 0.29) is 17.4 Å². The molecule has 0 spiro atoms. The second kappa shape index (κ2) is 7.07. The molecule has 1 saturated heterocycles. The third-order valence-electron chi connectivity index (χ3n) is 4.28. The zero-order valence-electron chi connectivity index (χ0n) is 13.4. The first-order valence-corrected chi connectivity index (χ1v) is 7.91. The molecule has 0 radical (unpaired) electrons. The Hall–Kier alpha value is -1.36. The van der Waals surface area contributed by atoms with Crippen LogP contribution in [-0.2, 0) is 11.3 Å². The summed E-state index contributed by atoms with van der Waals surface area (Å²) >= 11 is 0. The van der Waals surface area contributed by atoms with Gasteiger partial charge in [0, 0.05) is 25.4 Å². The van der Waals surface area contributed by atoms with Crippen LogP contribution in [0.4, 0.5) is 0 Å². The highest BCUT2D eigenvalue weighted by molar-refractivity contribution is 5.76. The van der Waals surface area contributed by atoms with E-state index in [9.17, 15) is 4.79 Å². The molecule has 0 saturated carbocycles. The van der Waals surface area contributed by atoms with Crippen molar-refractivity contribution in [2.45, 2.75) is 52.6 Å². The van der Waals surface area contributed by atoms with E-state index in [1.807, 2.05) is 10.8 Å². The van der Waals surface area contributed by atoms with Crippen molar-refractivity contribution >= 4 is 5.91 Å². The van der Waals surface area contributed by atoms with Crippen LogP contribution in [0, 0.1) is 11.3 Å². The summed E-state index contributed by atoms with van der Waals surface area (Å²) in [5, 5.41) is 6.56. The number of rotatable bonds is 6. The van der Waals surface area contributed by atoms with Crippen LogP contribution in [0.1, 0.15) is 40.0 Å². The maximum absolute atomic E-state index is 12.2.